The highest BCUT2D eigenvalue weighted by Gasteiger charge is 2.40. The van der Waals surface area contributed by atoms with Gasteiger partial charge in [-0.15, -0.1) is 0 Å². The number of carbonyl (C=O) groups is 2. The molecule has 1 N–H and O–H groups in total. The lowest BCUT2D eigenvalue weighted by Gasteiger charge is -2.26. The van der Waals surface area contributed by atoms with E-state index >= 15 is 0 Å². The Labute approximate surface area is 127 Å². The number of benzene rings is 1. The van der Waals surface area contributed by atoms with Crippen molar-refractivity contribution in [3.05, 3.63) is 29.6 Å². The first-order valence-corrected chi connectivity index (χ1v) is 7.44. The number of nitrogens with zero attached hydrogens (tertiary/aromatic N) is 1. The Balaban J connectivity index is 1.73. The number of rotatable bonds is 5. The SMILES string of the molecule is C[C@@H](CN(C(=O)[C@H]1Cc2cccc(F)c2O1)C1CC1)C(=O)O. The zero-order chi connectivity index (χ0) is 15.9. The molecule has 2 atom stereocenters. The molecule has 0 aromatic heterocycles. The van der Waals surface area contributed by atoms with E-state index in [1.54, 1.807) is 24.0 Å². The molecule has 5 nitrogen and oxygen atoms in total. The summed E-state index contributed by atoms with van der Waals surface area (Å²) in [6, 6.07) is 4.73. The predicted molar refractivity (Wildman–Crippen MR) is 76.1 cm³/mol. The van der Waals surface area contributed by atoms with Crippen LogP contribution < -0.4 is 4.74 Å². The minimum absolute atomic E-state index is 0.0893. The van der Waals surface area contributed by atoms with Gasteiger partial charge in [-0.1, -0.05) is 19.1 Å². The number of hydrogen-bond acceptors (Lipinski definition) is 3. The minimum atomic E-state index is -0.930. The van der Waals surface area contributed by atoms with Gasteiger partial charge in [0.2, 0.25) is 0 Å². The summed E-state index contributed by atoms with van der Waals surface area (Å²) in [6.07, 6.45) is 1.34. The van der Waals surface area contributed by atoms with Crippen LogP contribution in [-0.2, 0) is 16.0 Å². The largest absolute Gasteiger partial charge is 0.481 e. The van der Waals surface area contributed by atoms with Gasteiger partial charge in [0.15, 0.2) is 17.7 Å². The molecule has 1 aromatic rings. The van der Waals surface area contributed by atoms with Crippen LogP contribution in [-0.4, -0.2) is 40.6 Å². The Morgan fingerprint density at radius 3 is 2.77 bits per heavy atom. The summed E-state index contributed by atoms with van der Waals surface area (Å²) in [5, 5.41) is 9.04. The van der Waals surface area contributed by atoms with E-state index in [1.165, 1.54) is 6.07 Å². The standard InChI is InChI=1S/C16H18FNO4/c1-9(16(20)21)8-18(11-5-6-11)15(19)13-7-10-3-2-4-12(17)14(10)22-13/h2-4,9,11,13H,5-8H2,1H3,(H,20,21)/t9-,13+/m0/s1. The number of carboxylic acids is 1. The van der Waals surface area contributed by atoms with Crippen molar-refractivity contribution in [3.63, 3.8) is 0 Å². The van der Waals surface area contributed by atoms with Gasteiger partial charge >= 0.3 is 5.97 Å². The Morgan fingerprint density at radius 2 is 2.18 bits per heavy atom. The Hall–Kier alpha value is -2.11. The van der Waals surface area contributed by atoms with Crippen LogP contribution >= 0.6 is 0 Å². The van der Waals surface area contributed by atoms with Gasteiger partial charge in [-0.2, -0.15) is 0 Å². The zero-order valence-corrected chi connectivity index (χ0v) is 12.3. The molecule has 0 bridgehead atoms. The lowest BCUT2D eigenvalue weighted by atomic mass is 10.1. The van der Waals surface area contributed by atoms with Crippen molar-refractivity contribution in [2.45, 2.75) is 38.3 Å². The summed E-state index contributed by atoms with van der Waals surface area (Å²) < 4.78 is 19.2. The summed E-state index contributed by atoms with van der Waals surface area (Å²) in [6.45, 7) is 1.74. The summed E-state index contributed by atoms with van der Waals surface area (Å²) in [7, 11) is 0. The second-order valence-corrected chi connectivity index (χ2v) is 6.00. The van der Waals surface area contributed by atoms with E-state index in [2.05, 4.69) is 0 Å². The number of amides is 1. The molecule has 1 saturated carbocycles. The minimum Gasteiger partial charge on any atom is -0.481 e. The van der Waals surface area contributed by atoms with Crippen molar-refractivity contribution < 1.29 is 23.8 Å². The number of carboxylic acid groups (broad SMARTS) is 1. The number of fused-ring (bicyclic) bond motifs is 1. The molecule has 1 aliphatic carbocycles. The van der Waals surface area contributed by atoms with Crippen LogP contribution in [0.1, 0.15) is 25.3 Å². The monoisotopic (exact) mass is 307 g/mol. The lowest BCUT2D eigenvalue weighted by molar-refractivity contribution is -0.145. The second-order valence-electron chi connectivity index (χ2n) is 6.00. The summed E-state index contributed by atoms with van der Waals surface area (Å²) >= 11 is 0. The number of carbonyl (C=O) groups excluding carboxylic acids is 1. The van der Waals surface area contributed by atoms with Gasteiger partial charge in [0.25, 0.3) is 5.91 Å². The first kappa shape index (κ1) is 14.8. The van der Waals surface area contributed by atoms with Crippen molar-refractivity contribution in [1.29, 1.82) is 0 Å². The average Bonchev–Trinajstić information content (AvgIpc) is 3.22. The molecule has 1 heterocycles. The van der Waals surface area contributed by atoms with Crippen LogP contribution in [0.4, 0.5) is 4.39 Å². The highest BCUT2D eigenvalue weighted by atomic mass is 19.1. The van der Waals surface area contributed by atoms with E-state index in [0.29, 0.717) is 12.0 Å². The number of hydrogen-bond donors (Lipinski definition) is 1. The summed E-state index contributed by atoms with van der Waals surface area (Å²) in [5.74, 6) is -2.14. The van der Waals surface area contributed by atoms with Crippen LogP contribution in [0.2, 0.25) is 0 Å². The Morgan fingerprint density at radius 1 is 1.45 bits per heavy atom. The third-order valence-electron chi connectivity index (χ3n) is 4.15. The number of halogens is 1. The number of aliphatic carboxylic acids is 1. The molecule has 6 heteroatoms. The molecule has 0 saturated heterocycles. The first-order valence-electron chi connectivity index (χ1n) is 7.44. The topological polar surface area (TPSA) is 66.8 Å². The zero-order valence-electron chi connectivity index (χ0n) is 12.3. The van der Waals surface area contributed by atoms with Gasteiger partial charge in [0.1, 0.15) is 0 Å². The molecule has 22 heavy (non-hydrogen) atoms. The molecule has 0 unspecified atom stereocenters. The van der Waals surface area contributed by atoms with Crippen molar-refractivity contribution in [2.75, 3.05) is 6.54 Å². The molecule has 118 valence electrons. The Kier molecular flexibility index (Phi) is 3.76. The molecule has 0 radical (unpaired) electrons. The fraction of sp³-hybridized carbons (Fsp3) is 0.500. The smallest absolute Gasteiger partial charge is 0.308 e. The fourth-order valence-corrected chi connectivity index (χ4v) is 2.73. The van der Waals surface area contributed by atoms with Crippen LogP contribution in [0.5, 0.6) is 5.75 Å². The predicted octanol–water partition coefficient (Wildman–Crippen LogP) is 1.84. The van der Waals surface area contributed by atoms with E-state index < -0.39 is 23.8 Å². The van der Waals surface area contributed by atoms with Crippen molar-refractivity contribution in [1.82, 2.24) is 4.90 Å². The van der Waals surface area contributed by atoms with E-state index in [9.17, 15) is 14.0 Å². The van der Waals surface area contributed by atoms with Crippen molar-refractivity contribution >= 4 is 11.9 Å². The van der Waals surface area contributed by atoms with E-state index in [0.717, 1.165) is 12.8 Å². The Bertz CT molecular complexity index is 614. The third-order valence-corrected chi connectivity index (χ3v) is 4.15. The van der Waals surface area contributed by atoms with Gasteiger partial charge in [-0.3, -0.25) is 9.59 Å². The molecular formula is C16H18FNO4. The van der Waals surface area contributed by atoms with Crippen LogP contribution in [0, 0.1) is 11.7 Å². The molecule has 1 aliphatic heterocycles. The molecule has 2 aliphatic rings. The second kappa shape index (κ2) is 5.59. The number of para-hydroxylation sites is 1. The molecular weight excluding hydrogens is 289 g/mol. The quantitative estimate of drug-likeness (QED) is 0.901. The van der Waals surface area contributed by atoms with Crippen LogP contribution in [0.3, 0.4) is 0 Å². The molecule has 1 amide bonds. The average molecular weight is 307 g/mol. The maximum atomic E-state index is 13.7. The van der Waals surface area contributed by atoms with E-state index in [4.69, 9.17) is 9.84 Å². The first-order chi connectivity index (χ1) is 10.5. The van der Waals surface area contributed by atoms with E-state index in [-0.39, 0.29) is 24.2 Å². The normalized spacial score (nSPS) is 20.9. The van der Waals surface area contributed by atoms with Gasteiger partial charge in [0.05, 0.1) is 5.92 Å². The third kappa shape index (κ3) is 2.77. The lowest BCUT2D eigenvalue weighted by Crippen LogP contribution is -2.45. The molecule has 1 fully saturated rings. The highest BCUT2D eigenvalue weighted by molar-refractivity contribution is 5.84. The fourth-order valence-electron chi connectivity index (χ4n) is 2.73. The van der Waals surface area contributed by atoms with Gasteiger partial charge in [0, 0.05) is 24.6 Å². The van der Waals surface area contributed by atoms with Crippen LogP contribution in [0.15, 0.2) is 18.2 Å². The molecule has 1 aromatic carbocycles. The maximum Gasteiger partial charge on any atom is 0.308 e. The van der Waals surface area contributed by atoms with Crippen molar-refractivity contribution in [2.24, 2.45) is 5.92 Å². The molecule has 3 rings (SSSR count). The summed E-state index contributed by atoms with van der Waals surface area (Å²) in [4.78, 5) is 25.3. The highest BCUT2D eigenvalue weighted by Crippen LogP contribution is 2.34. The van der Waals surface area contributed by atoms with Gasteiger partial charge in [-0.25, -0.2) is 4.39 Å². The molecule has 0 spiro atoms. The van der Waals surface area contributed by atoms with Gasteiger partial charge in [-0.05, 0) is 18.9 Å². The van der Waals surface area contributed by atoms with Gasteiger partial charge < -0.3 is 14.7 Å². The maximum absolute atomic E-state index is 13.7. The van der Waals surface area contributed by atoms with E-state index in [1.807, 2.05) is 0 Å². The van der Waals surface area contributed by atoms with Crippen molar-refractivity contribution in [3.8, 4) is 5.75 Å². The number of ether oxygens (including phenoxy) is 1. The van der Waals surface area contributed by atoms with Crippen LogP contribution in [0.25, 0.3) is 0 Å². The summed E-state index contributed by atoms with van der Waals surface area (Å²) in [5.41, 5.74) is 0.681.